The fraction of sp³-hybridized carbons (Fsp3) is 0.542. The van der Waals surface area contributed by atoms with Gasteiger partial charge in [-0.25, -0.2) is 0 Å². The van der Waals surface area contributed by atoms with Crippen molar-refractivity contribution < 1.29 is 20.1 Å². The number of aryl methyl sites for hydroxylation is 2. The van der Waals surface area contributed by atoms with Gasteiger partial charge in [-0.05, 0) is 85.2 Å². The molecule has 1 heterocycles. The van der Waals surface area contributed by atoms with E-state index in [1.54, 1.807) is 11.3 Å². The van der Waals surface area contributed by atoms with Crippen LogP contribution in [0.4, 0.5) is 0 Å². The summed E-state index contributed by atoms with van der Waals surface area (Å²) >= 11 is 5.29. The number of hydrogen-bond donors (Lipinski definition) is 3. The van der Waals surface area contributed by atoms with Gasteiger partial charge in [0.1, 0.15) is 0 Å². The van der Waals surface area contributed by atoms with Gasteiger partial charge in [0, 0.05) is 20.6 Å². The lowest BCUT2D eigenvalue weighted by Crippen LogP contribution is -2.18. The standard InChI is InChI=1S/C24H33BrO4S/c1-3-17-14-23(27)21(8-6-4-5-7-9-24(28)29)20(17)13-11-18(26)10-12-19-15-22(25)16(2)30-19/h3-4,6,11,13,15,17-18,20-21,23,26-27H,1,5,7-10,12,14H2,2H3,(H,28,29)/t17-,18+,20+,21-,23?/m1/s1. The number of halogens is 1. The third kappa shape index (κ3) is 7.80. The fourth-order valence-corrected chi connectivity index (χ4v) is 5.68. The zero-order chi connectivity index (χ0) is 22.1. The van der Waals surface area contributed by atoms with Crippen LogP contribution in [0.25, 0.3) is 0 Å². The quantitative estimate of drug-likeness (QED) is 0.257. The number of hydrogen-bond acceptors (Lipinski definition) is 4. The van der Waals surface area contributed by atoms with Gasteiger partial charge in [0.25, 0.3) is 0 Å². The molecule has 1 aromatic heterocycles. The monoisotopic (exact) mass is 496 g/mol. The van der Waals surface area contributed by atoms with Crippen molar-refractivity contribution in [3.8, 4) is 0 Å². The predicted molar refractivity (Wildman–Crippen MR) is 127 cm³/mol. The summed E-state index contributed by atoms with van der Waals surface area (Å²) in [5.41, 5.74) is 0. The van der Waals surface area contributed by atoms with Crippen molar-refractivity contribution in [1.82, 2.24) is 0 Å². The van der Waals surface area contributed by atoms with E-state index in [9.17, 15) is 15.0 Å². The van der Waals surface area contributed by atoms with Crippen molar-refractivity contribution in [1.29, 1.82) is 0 Å². The highest BCUT2D eigenvalue weighted by molar-refractivity contribution is 9.10. The number of thiophene rings is 1. The molecule has 0 aliphatic heterocycles. The van der Waals surface area contributed by atoms with Gasteiger partial charge in [0.2, 0.25) is 0 Å². The van der Waals surface area contributed by atoms with E-state index in [0.717, 1.165) is 23.7 Å². The first-order valence-corrected chi connectivity index (χ1v) is 12.2. The van der Waals surface area contributed by atoms with Crippen molar-refractivity contribution in [2.24, 2.45) is 17.8 Å². The molecule has 1 fully saturated rings. The number of aliphatic hydroxyl groups is 2. The second-order valence-corrected chi connectivity index (χ2v) is 10.2. The van der Waals surface area contributed by atoms with E-state index in [1.807, 2.05) is 18.2 Å². The summed E-state index contributed by atoms with van der Waals surface area (Å²) in [4.78, 5) is 13.1. The second kappa shape index (κ2) is 12.6. The molecule has 1 aliphatic carbocycles. The number of rotatable bonds is 12. The van der Waals surface area contributed by atoms with Gasteiger partial charge in [-0.3, -0.25) is 4.79 Å². The summed E-state index contributed by atoms with van der Waals surface area (Å²) in [5, 5.41) is 29.6. The Bertz CT molecular complexity index is 735. The summed E-state index contributed by atoms with van der Waals surface area (Å²) < 4.78 is 1.13. The molecule has 5 atom stereocenters. The highest BCUT2D eigenvalue weighted by atomic mass is 79.9. The molecule has 0 amide bonds. The van der Waals surface area contributed by atoms with Gasteiger partial charge in [0.05, 0.1) is 12.2 Å². The Morgan fingerprint density at radius 1 is 1.43 bits per heavy atom. The summed E-state index contributed by atoms with van der Waals surface area (Å²) in [6, 6.07) is 2.12. The van der Waals surface area contributed by atoms with Gasteiger partial charge in [0.15, 0.2) is 0 Å². The van der Waals surface area contributed by atoms with Gasteiger partial charge < -0.3 is 15.3 Å². The lowest BCUT2D eigenvalue weighted by Gasteiger charge is -2.20. The van der Waals surface area contributed by atoms with Crippen molar-refractivity contribution >= 4 is 33.2 Å². The predicted octanol–water partition coefficient (Wildman–Crippen LogP) is 5.67. The lowest BCUT2D eigenvalue weighted by molar-refractivity contribution is -0.137. The first kappa shape index (κ1) is 25.1. The number of carbonyl (C=O) groups is 1. The van der Waals surface area contributed by atoms with E-state index >= 15 is 0 Å². The normalized spacial score (nSPS) is 25.3. The molecular formula is C24H33BrO4S. The molecule has 1 aromatic rings. The minimum Gasteiger partial charge on any atom is -0.481 e. The van der Waals surface area contributed by atoms with Crippen LogP contribution in [0, 0.1) is 24.7 Å². The average Bonchev–Trinajstić information content (AvgIpc) is 3.19. The fourth-order valence-electron chi connectivity index (χ4n) is 4.06. The molecule has 166 valence electrons. The molecule has 1 aliphatic rings. The van der Waals surface area contributed by atoms with Crippen LogP contribution in [0.3, 0.4) is 0 Å². The van der Waals surface area contributed by atoms with E-state index in [0.29, 0.717) is 19.3 Å². The van der Waals surface area contributed by atoms with Gasteiger partial charge in [-0.15, -0.1) is 17.9 Å². The Labute approximate surface area is 192 Å². The minimum atomic E-state index is -0.769. The number of allylic oxidation sites excluding steroid dienone is 4. The van der Waals surface area contributed by atoms with Crippen molar-refractivity contribution in [3.05, 3.63) is 57.3 Å². The number of carboxylic acid groups (broad SMARTS) is 1. The average molecular weight is 497 g/mol. The number of carboxylic acids is 1. The van der Waals surface area contributed by atoms with Gasteiger partial charge >= 0.3 is 5.97 Å². The first-order valence-electron chi connectivity index (χ1n) is 10.6. The van der Waals surface area contributed by atoms with Crippen LogP contribution in [0.5, 0.6) is 0 Å². The maximum Gasteiger partial charge on any atom is 0.303 e. The Morgan fingerprint density at radius 3 is 2.83 bits per heavy atom. The van der Waals surface area contributed by atoms with E-state index in [2.05, 4.69) is 47.7 Å². The van der Waals surface area contributed by atoms with E-state index in [1.165, 1.54) is 9.75 Å². The van der Waals surface area contributed by atoms with Crippen LogP contribution in [0.2, 0.25) is 0 Å². The van der Waals surface area contributed by atoms with E-state index in [-0.39, 0.29) is 24.2 Å². The highest BCUT2D eigenvalue weighted by Gasteiger charge is 2.38. The summed E-state index contributed by atoms with van der Waals surface area (Å²) in [6.07, 6.45) is 13.5. The molecule has 30 heavy (non-hydrogen) atoms. The molecule has 3 N–H and O–H groups in total. The Morgan fingerprint density at radius 2 is 2.20 bits per heavy atom. The van der Waals surface area contributed by atoms with Gasteiger partial charge in [-0.1, -0.05) is 30.4 Å². The third-order valence-corrected chi connectivity index (χ3v) is 7.98. The molecule has 0 spiro atoms. The van der Waals surface area contributed by atoms with Crippen molar-refractivity contribution in [3.63, 3.8) is 0 Å². The maximum absolute atomic E-state index is 10.6. The van der Waals surface area contributed by atoms with E-state index in [4.69, 9.17) is 5.11 Å². The molecule has 2 rings (SSSR count). The molecular weight excluding hydrogens is 464 g/mol. The van der Waals surface area contributed by atoms with Crippen LogP contribution in [-0.4, -0.2) is 33.5 Å². The first-order chi connectivity index (χ1) is 14.3. The number of aliphatic carboxylic acids is 1. The van der Waals surface area contributed by atoms with Crippen LogP contribution in [-0.2, 0) is 11.2 Å². The highest BCUT2D eigenvalue weighted by Crippen LogP contribution is 2.41. The maximum atomic E-state index is 10.6. The number of aliphatic hydroxyl groups excluding tert-OH is 2. The van der Waals surface area contributed by atoms with Crippen LogP contribution in [0.15, 0.2) is 47.5 Å². The lowest BCUT2D eigenvalue weighted by atomic mass is 9.86. The summed E-state index contributed by atoms with van der Waals surface area (Å²) in [5.74, 6) is -0.337. The molecule has 6 heteroatoms. The van der Waals surface area contributed by atoms with Crippen LogP contribution < -0.4 is 0 Å². The zero-order valence-electron chi connectivity index (χ0n) is 17.5. The largest absolute Gasteiger partial charge is 0.481 e. The Hall–Kier alpha value is -1.21. The Balaban J connectivity index is 1.89. The topological polar surface area (TPSA) is 77.8 Å². The smallest absolute Gasteiger partial charge is 0.303 e. The summed E-state index contributed by atoms with van der Waals surface area (Å²) in [6.45, 7) is 6.01. The molecule has 4 nitrogen and oxygen atoms in total. The van der Waals surface area contributed by atoms with Gasteiger partial charge in [-0.2, -0.15) is 0 Å². The Kier molecular flexibility index (Phi) is 10.5. The molecule has 0 radical (unpaired) electrons. The molecule has 0 bridgehead atoms. The van der Waals surface area contributed by atoms with Crippen LogP contribution in [0.1, 0.15) is 48.3 Å². The summed E-state index contributed by atoms with van der Waals surface area (Å²) in [7, 11) is 0. The minimum absolute atomic E-state index is 0.0862. The number of unbranched alkanes of at least 4 members (excludes halogenated alkanes) is 1. The second-order valence-electron chi connectivity index (χ2n) is 8.04. The molecule has 1 unspecified atom stereocenters. The molecule has 1 saturated carbocycles. The van der Waals surface area contributed by atoms with Crippen molar-refractivity contribution in [2.75, 3.05) is 0 Å². The molecule has 0 aromatic carbocycles. The molecule has 0 saturated heterocycles. The van der Waals surface area contributed by atoms with Crippen LogP contribution >= 0.6 is 27.3 Å². The SMILES string of the molecule is C=C[C@@H]1CC(O)[C@H](CC=CCCCC(=O)O)[C@H]1C=C[C@@H](O)CCc1cc(Br)c(C)s1. The third-order valence-electron chi connectivity index (χ3n) is 5.79. The zero-order valence-corrected chi connectivity index (χ0v) is 19.9. The van der Waals surface area contributed by atoms with Crippen molar-refractivity contribution in [2.45, 2.75) is 64.1 Å². The van der Waals surface area contributed by atoms with E-state index < -0.39 is 18.2 Å².